The van der Waals surface area contributed by atoms with Crippen molar-refractivity contribution in [3.63, 3.8) is 0 Å². The summed E-state index contributed by atoms with van der Waals surface area (Å²) < 4.78 is 38.2. The average molecular weight is 475 g/mol. The Balaban J connectivity index is 1.49. The van der Waals surface area contributed by atoms with Crippen molar-refractivity contribution in [1.29, 1.82) is 0 Å². The van der Waals surface area contributed by atoms with Gasteiger partial charge in [-0.1, -0.05) is 30.0 Å². The van der Waals surface area contributed by atoms with Crippen molar-refractivity contribution in [2.75, 3.05) is 5.32 Å². The van der Waals surface area contributed by atoms with E-state index in [0.29, 0.717) is 16.5 Å². The average Bonchev–Trinajstić information content (AvgIpc) is 2.75. The molecule has 2 aromatic carbocycles. The van der Waals surface area contributed by atoms with Crippen molar-refractivity contribution in [2.24, 2.45) is 0 Å². The van der Waals surface area contributed by atoms with Crippen LogP contribution in [0.1, 0.15) is 32.9 Å². The standard InChI is InChI=1S/C22H20F3N5O2S/c1-13-10-14(2)27-21(26-13)33-12-15-6-8-16(9-7-15)19(31)29-30-20(32)28-18-5-3-4-17(11-18)22(23,24)25/h3-11H,12H2,1-2H3,(H,29,31)(H2,28,30,32). The Hall–Kier alpha value is -3.60. The van der Waals surface area contributed by atoms with Gasteiger partial charge in [0.1, 0.15) is 0 Å². The highest BCUT2D eigenvalue weighted by atomic mass is 32.2. The van der Waals surface area contributed by atoms with E-state index < -0.39 is 23.7 Å². The number of carbonyl (C=O) groups excluding carboxylic acids is 2. The van der Waals surface area contributed by atoms with Gasteiger partial charge in [-0.2, -0.15) is 13.2 Å². The number of rotatable bonds is 5. The van der Waals surface area contributed by atoms with E-state index in [1.165, 1.54) is 23.9 Å². The summed E-state index contributed by atoms with van der Waals surface area (Å²) in [4.78, 5) is 32.9. The lowest BCUT2D eigenvalue weighted by molar-refractivity contribution is -0.137. The van der Waals surface area contributed by atoms with Gasteiger partial charge in [-0.15, -0.1) is 0 Å². The molecular formula is C22H20F3N5O2S. The van der Waals surface area contributed by atoms with Crippen molar-refractivity contribution >= 4 is 29.4 Å². The molecular weight excluding hydrogens is 455 g/mol. The number of aryl methyl sites for hydroxylation is 2. The molecule has 0 aliphatic rings. The first-order valence-electron chi connectivity index (χ1n) is 9.69. The number of nitrogens with zero attached hydrogens (tertiary/aromatic N) is 2. The van der Waals surface area contributed by atoms with Gasteiger partial charge in [-0.05, 0) is 55.8 Å². The van der Waals surface area contributed by atoms with Gasteiger partial charge in [0.05, 0.1) is 5.56 Å². The number of hydrogen-bond donors (Lipinski definition) is 3. The van der Waals surface area contributed by atoms with Gasteiger partial charge in [-0.25, -0.2) is 20.2 Å². The first-order valence-corrected chi connectivity index (χ1v) is 10.7. The normalized spacial score (nSPS) is 11.1. The molecule has 3 rings (SSSR count). The summed E-state index contributed by atoms with van der Waals surface area (Å²) in [5, 5.41) is 2.90. The second-order valence-electron chi connectivity index (χ2n) is 7.03. The highest BCUT2D eigenvalue weighted by molar-refractivity contribution is 7.98. The summed E-state index contributed by atoms with van der Waals surface area (Å²) in [5.41, 5.74) is 6.38. The zero-order valence-corrected chi connectivity index (χ0v) is 18.5. The van der Waals surface area contributed by atoms with Crippen molar-refractivity contribution in [1.82, 2.24) is 20.8 Å². The minimum absolute atomic E-state index is 0.0637. The van der Waals surface area contributed by atoms with Crippen LogP contribution in [0, 0.1) is 13.8 Å². The van der Waals surface area contributed by atoms with Crippen LogP contribution in [0.2, 0.25) is 0 Å². The first-order chi connectivity index (χ1) is 15.6. The molecule has 33 heavy (non-hydrogen) atoms. The first kappa shape index (κ1) is 24.1. The molecule has 0 saturated carbocycles. The fourth-order valence-electron chi connectivity index (χ4n) is 2.78. The number of alkyl halides is 3. The van der Waals surface area contributed by atoms with E-state index in [1.54, 1.807) is 24.3 Å². The summed E-state index contributed by atoms with van der Waals surface area (Å²) in [5.74, 6) is 0.0358. The Morgan fingerprint density at radius 1 is 0.939 bits per heavy atom. The maximum Gasteiger partial charge on any atom is 0.416 e. The van der Waals surface area contributed by atoms with Crippen LogP contribution in [0.5, 0.6) is 0 Å². The molecule has 0 aliphatic heterocycles. The van der Waals surface area contributed by atoms with Crippen LogP contribution in [0.25, 0.3) is 0 Å². The Bertz CT molecular complexity index is 1130. The number of thioether (sulfide) groups is 1. The number of hydrogen-bond acceptors (Lipinski definition) is 5. The van der Waals surface area contributed by atoms with E-state index in [-0.39, 0.29) is 5.69 Å². The largest absolute Gasteiger partial charge is 0.416 e. The minimum Gasteiger partial charge on any atom is -0.307 e. The third-order valence-corrected chi connectivity index (χ3v) is 5.20. The predicted molar refractivity (Wildman–Crippen MR) is 119 cm³/mol. The summed E-state index contributed by atoms with van der Waals surface area (Å²) in [6.45, 7) is 3.81. The van der Waals surface area contributed by atoms with Crippen LogP contribution in [0.15, 0.2) is 59.8 Å². The predicted octanol–water partition coefficient (Wildman–Crippen LogP) is 4.87. The van der Waals surface area contributed by atoms with E-state index >= 15 is 0 Å². The molecule has 0 atom stereocenters. The fraction of sp³-hybridized carbons (Fsp3) is 0.182. The second kappa shape index (κ2) is 10.3. The maximum atomic E-state index is 12.7. The highest BCUT2D eigenvalue weighted by Gasteiger charge is 2.30. The summed E-state index contributed by atoms with van der Waals surface area (Å²) in [7, 11) is 0. The van der Waals surface area contributed by atoms with E-state index in [0.717, 1.165) is 29.1 Å². The quantitative estimate of drug-likeness (QED) is 0.278. The van der Waals surface area contributed by atoms with Crippen LogP contribution in [0.4, 0.5) is 23.7 Å². The van der Waals surface area contributed by atoms with Crippen LogP contribution in [-0.4, -0.2) is 21.9 Å². The number of benzene rings is 2. The molecule has 3 N–H and O–H groups in total. The lowest BCUT2D eigenvalue weighted by atomic mass is 10.1. The van der Waals surface area contributed by atoms with Crippen LogP contribution in [-0.2, 0) is 11.9 Å². The summed E-state index contributed by atoms with van der Waals surface area (Å²) in [6.07, 6.45) is -4.53. The smallest absolute Gasteiger partial charge is 0.307 e. The van der Waals surface area contributed by atoms with Gasteiger partial charge in [0.2, 0.25) is 0 Å². The summed E-state index contributed by atoms with van der Waals surface area (Å²) in [6, 6.07) is 11.9. The number of carbonyl (C=O) groups is 2. The molecule has 0 unspecified atom stereocenters. The number of hydrazine groups is 1. The molecule has 3 amide bonds. The SMILES string of the molecule is Cc1cc(C)nc(SCc2ccc(C(=O)NNC(=O)Nc3cccc(C(F)(F)F)c3)cc2)n1. The molecule has 7 nitrogen and oxygen atoms in total. The monoisotopic (exact) mass is 475 g/mol. The fourth-order valence-corrected chi connectivity index (χ4v) is 3.68. The Kier molecular flexibility index (Phi) is 7.54. The van der Waals surface area contributed by atoms with Gasteiger partial charge in [0.15, 0.2) is 5.16 Å². The third kappa shape index (κ3) is 7.21. The van der Waals surface area contributed by atoms with Gasteiger partial charge < -0.3 is 5.32 Å². The van der Waals surface area contributed by atoms with Crippen molar-refractivity contribution < 1.29 is 22.8 Å². The lowest BCUT2D eigenvalue weighted by Crippen LogP contribution is -2.43. The molecule has 3 aromatic rings. The van der Waals surface area contributed by atoms with Crippen molar-refractivity contribution in [3.8, 4) is 0 Å². The zero-order valence-electron chi connectivity index (χ0n) is 17.7. The molecule has 1 aromatic heterocycles. The molecule has 0 radical (unpaired) electrons. The number of nitrogens with one attached hydrogen (secondary N) is 3. The lowest BCUT2D eigenvalue weighted by Gasteiger charge is -2.11. The third-order valence-electron chi connectivity index (χ3n) is 4.28. The number of urea groups is 1. The number of amides is 3. The van der Waals surface area contributed by atoms with Gasteiger partial charge in [0, 0.05) is 28.4 Å². The number of halogens is 3. The van der Waals surface area contributed by atoms with E-state index in [4.69, 9.17) is 0 Å². The Morgan fingerprint density at radius 2 is 1.61 bits per heavy atom. The van der Waals surface area contributed by atoms with Crippen molar-refractivity contribution in [3.05, 3.63) is 82.7 Å². The summed E-state index contributed by atoms with van der Waals surface area (Å²) >= 11 is 1.48. The minimum atomic E-state index is -4.53. The molecule has 0 fully saturated rings. The maximum absolute atomic E-state index is 12.7. The molecule has 0 aliphatic carbocycles. The van der Waals surface area contributed by atoms with Crippen LogP contribution >= 0.6 is 11.8 Å². The molecule has 172 valence electrons. The zero-order chi connectivity index (χ0) is 24.0. The Labute approximate surface area is 192 Å². The van der Waals surface area contributed by atoms with Gasteiger partial charge in [0.25, 0.3) is 5.91 Å². The molecule has 0 saturated heterocycles. The topological polar surface area (TPSA) is 96.0 Å². The van der Waals surface area contributed by atoms with E-state index in [9.17, 15) is 22.8 Å². The molecule has 0 spiro atoms. The molecule has 1 heterocycles. The van der Waals surface area contributed by atoms with Crippen molar-refractivity contribution in [2.45, 2.75) is 30.9 Å². The molecule has 11 heteroatoms. The van der Waals surface area contributed by atoms with E-state index in [2.05, 4.69) is 26.1 Å². The number of anilines is 1. The van der Waals surface area contributed by atoms with Gasteiger partial charge in [-0.3, -0.25) is 10.2 Å². The Morgan fingerprint density at radius 3 is 2.24 bits per heavy atom. The number of aromatic nitrogens is 2. The highest BCUT2D eigenvalue weighted by Crippen LogP contribution is 2.30. The van der Waals surface area contributed by atoms with E-state index in [1.807, 2.05) is 19.9 Å². The second-order valence-corrected chi connectivity index (χ2v) is 7.97. The van der Waals surface area contributed by atoms with Crippen LogP contribution in [0.3, 0.4) is 0 Å². The van der Waals surface area contributed by atoms with Gasteiger partial charge >= 0.3 is 12.2 Å². The molecule has 0 bridgehead atoms. The van der Waals surface area contributed by atoms with Crippen LogP contribution < -0.4 is 16.2 Å².